The first-order chi connectivity index (χ1) is 15.5. The summed E-state index contributed by atoms with van der Waals surface area (Å²) in [6.45, 7) is 3.80. The van der Waals surface area contributed by atoms with Gasteiger partial charge >= 0.3 is 5.97 Å². The second kappa shape index (κ2) is 7.95. The van der Waals surface area contributed by atoms with Crippen LogP contribution >= 0.6 is 0 Å². The summed E-state index contributed by atoms with van der Waals surface area (Å²) in [5, 5.41) is 1.24. The van der Waals surface area contributed by atoms with Gasteiger partial charge in [-0.05, 0) is 42.3 Å². The molecule has 6 heteroatoms. The molecule has 3 aromatic rings. The maximum atomic E-state index is 13.1. The lowest BCUT2D eigenvalue weighted by Crippen LogP contribution is -2.44. The van der Waals surface area contributed by atoms with Crippen LogP contribution in [-0.2, 0) is 9.53 Å². The smallest absolute Gasteiger partial charge is 0.330 e. The fourth-order valence-electron chi connectivity index (χ4n) is 4.92. The summed E-state index contributed by atoms with van der Waals surface area (Å²) in [5.41, 5.74) is 3.25. The van der Waals surface area contributed by atoms with Crippen LogP contribution in [0.15, 0.2) is 54.7 Å². The number of ether oxygens (including phenoxy) is 2. The van der Waals surface area contributed by atoms with Crippen LogP contribution in [0, 0.1) is 0 Å². The first kappa shape index (κ1) is 20.5. The Bertz CT molecular complexity index is 1230. The van der Waals surface area contributed by atoms with Crippen LogP contribution in [0.25, 0.3) is 17.0 Å². The molecule has 1 N–H and O–H groups in total. The minimum Gasteiger partial charge on any atom is -0.485 e. The van der Waals surface area contributed by atoms with Gasteiger partial charge in [0.25, 0.3) is 0 Å². The standard InChI is InChI=1S/C26H26N2O4/c1-17(21-15-27-22-6-4-3-5-19(21)22)28-12-11-26(16-28)14-23(29)20-13-18(7-9-24(20)32-26)8-10-25(30)31-2/h3-10,13,15,17,27H,11-12,14,16H2,1-2H3. The Balaban J connectivity index is 1.35. The number of ketones is 1. The van der Waals surface area contributed by atoms with Crippen molar-refractivity contribution in [2.24, 2.45) is 0 Å². The van der Waals surface area contributed by atoms with E-state index in [1.165, 1.54) is 24.1 Å². The Morgan fingerprint density at radius 1 is 1.28 bits per heavy atom. The van der Waals surface area contributed by atoms with Gasteiger partial charge in [-0.25, -0.2) is 4.79 Å². The van der Waals surface area contributed by atoms with Crippen molar-refractivity contribution in [3.05, 3.63) is 71.4 Å². The van der Waals surface area contributed by atoms with Crippen molar-refractivity contribution < 1.29 is 19.1 Å². The number of para-hydroxylation sites is 1. The third-order valence-corrected chi connectivity index (χ3v) is 6.69. The Morgan fingerprint density at radius 2 is 2.12 bits per heavy atom. The number of carbonyl (C=O) groups excluding carboxylic acids is 2. The third kappa shape index (κ3) is 3.60. The molecule has 6 nitrogen and oxygen atoms in total. The number of hydrogen-bond acceptors (Lipinski definition) is 5. The highest BCUT2D eigenvalue weighted by molar-refractivity contribution is 6.01. The lowest BCUT2D eigenvalue weighted by molar-refractivity contribution is -0.134. The van der Waals surface area contributed by atoms with Crippen molar-refractivity contribution in [1.82, 2.24) is 9.88 Å². The van der Waals surface area contributed by atoms with E-state index in [2.05, 4.69) is 45.9 Å². The molecule has 2 atom stereocenters. The summed E-state index contributed by atoms with van der Waals surface area (Å²) >= 11 is 0. The van der Waals surface area contributed by atoms with Gasteiger partial charge < -0.3 is 14.5 Å². The Hall–Kier alpha value is -3.38. The van der Waals surface area contributed by atoms with Gasteiger partial charge in [0.1, 0.15) is 11.4 Å². The highest BCUT2D eigenvalue weighted by Crippen LogP contribution is 2.42. The van der Waals surface area contributed by atoms with Gasteiger partial charge in [-0.1, -0.05) is 24.3 Å². The van der Waals surface area contributed by atoms with Gasteiger partial charge in [-0.3, -0.25) is 9.69 Å². The molecule has 1 spiro atoms. The largest absolute Gasteiger partial charge is 0.485 e. The number of esters is 1. The average molecular weight is 431 g/mol. The van der Waals surface area contributed by atoms with Gasteiger partial charge in [0.15, 0.2) is 5.78 Å². The maximum Gasteiger partial charge on any atom is 0.330 e. The van der Waals surface area contributed by atoms with Crippen molar-refractivity contribution >= 4 is 28.7 Å². The topological polar surface area (TPSA) is 71.6 Å². The fourth-order valence-corrected chi connectivity index (χ4v) is 4.92. The summed E-state index contributed by atoms with van der Waals surface area (Å²) in [6.07, 6.45) is 6.25. The predicted octanol–water partition coefficient (Wildman–Crippen LogP) is 4.53. The number of Topliss-reactive ketones (excluding diaryl/α,β-unsaturated/α-hetero) is 1. The fraction of sp³-hybridized carbons (Fsp3) is 0.308. The number of methoxy groups -OCH3 is 1. The molecule has 2 aromatic carbocycles. The zero-order valence-electron chi connectivity index (χ0n) is 18.3. The molecule has 2 aliphatic rings. The molecular formula is C26H26N2O4. The number of likely N-dealkylation sites (tertiary alicyclic amines) is 1. The van der Waals surface area contributed by atoms with Crippen molar-refractivity contribution in [2.75, 3.05) is 20.2 Å². The number of hydrogen-bond donors (Lipinski definition) is 1. The average Bonchev–Trinajstić information content (AvgIpc) is 3.42. The molecule has 0 amide bonds. The zero-order valence-corrected chi connectivity index (χ0v) is 18.3. The van der Waals surface area contributed by atoms with Crippen LogP contribution in [0.4, 0.5) is 0 Å². The van der Waals surface area contributed by atoms with Crippen LogP contribution in [-0.4, -0.2) is 47.4 Å². The molecule has 0 aliphatic carbocycles. The van der Waals surface area contributed by atoms with Gasteiger partial charge in [-0.15, -0.1) is 0 Å². The van der Waals surface area contributed by atoms with E-state index < -0.39 is 11.6 Å². The van der Waals surface area contributed by atoms with E-state index >= 15 is 0 Å². The second-order valence-corrected chi connectivity index (χ2v) is 8.68. The summed E-state index contributed by atoms with van der Waals surface area (Å²) in [6, 6.07) is 14.0. The molecule has 1 saturated heterocycles. The SMILES string of the molecule is COC(=O)C=Cc1ccc2c(c1)C(=O)CC1(CCN(C(C)c3c[nH]c4ccccc34)C1)O2. The Labute approximate surface area is 186 Å². The number of fused-ring (bicyclic) bond motifs is 2. The van der Waals surface area contributed by atoms with Crippen LogP contribution in [0.2, 0.25) is 0 Å². The number of nitrogens with one attached hydrogen (secondary N) is 1. The monoisotopic (exact) mass is 430 g/mol. The Morgan fingerprint density at radius 3 is 2.97 bits per heavy atom. The van der Waals surface area contributed by atoms with E-state index in [1.54, 1.807) is 12.1 Å². The van der Waals surface area contributed by atoms with Gasteiger partial charge in [0, 0.05) is 48.7 Å². The van der Waals surface area contributed by atoms with Crippen LogP contribution in [0.1, 0.15) is 47.3 Å². The normalized spacial score (nSPS) is 21.8. The molecular weight excluding hydrogens is 404 g/mol. The van der Waals surface area contributed by atoms with Crippen molar-refractivity contribution in [3.63, 3.8) is 0 Å². The molecule has 0 bridgehead atoms. The third-order valence-electron chi connectivity index (χ3n) is 6.69. The molecule has 0 saturated carbocycles. The van der Waals surface area contributed by atoms with E-state index in [0.717, 1.165) is 24.0 Å². The molecule has 2 aliphatic heterocycles. The second-order valence-electron chi connectivity index (χ2n) is 8.68. The van der Waals surface area contributed by atoms with Crippen molar-refractivity contribution in [2.45, 2.75) is 31.4 Å². The van der Waals surface area contributed by atoms with Crippen molar-refractivity contribution in [3.8, 4) is 5.75 Å². The van der Waals surface area contributed by atoms with Gasteiger partial charge in [0.05, 0.1) is 19.1 Å². The van der Waals surface area contributed by atoms with E-state index in [4.69, 9.17) is 4.74 Å². The number of rotatable bonds is 4. The highest BCUT2D eigenvalue weighted by atomic mass is 16.5. The van der Waals surface area contributed by atoms with Crippen LogP contribution < -0.4 is 4.74 Å². The molecule has 0 radical (unpaired) electrons. The van der Waals surface area contributed by atoms with Crippen LogP contribution in [0.5, 0.6) is 5.75 Å². The molecule has 2 unspecified atom stereocenters. The van der Waals surface area contributed by atoms with E-state index in [9.17, 15) is 9.59 Å². The minimum absolute atomic E-state index is 0.0844. The molecule has 32 heavy (non-hydrogen) atoms. The number of carbonyl (C=O) groups is 2. The molecule has 164 valence electrons. The summed E-state index contributed by atoms with van der Waals surface area (Å²) in [4.78, 5) is 30.2. The van der Waals surface area contributed by atoms with Crippen LogP contribution in [0.3, 0.4) is 0 Å². The first-order valence-electron chi connectivity index (χ1n) is 10.9. The van der Waals surface area contributed by atoms with Gasteiger partial charge in [0.2, 0.25) is 0 Å². The molecule has 5 rings (SSSR count). The van der Waals surface area contributed by atoms with Crippen molar-refractivity contribution in [1.29, 1.82) is 0 Å². The number of benzene rings is 2. The zero-order chi connectivity index (χ0) is 22.3. The number of aromatic amines is 1. The van der Waals surface area contributed by atoms with E-state index in [0.29, 0.717) is 24.3 Å². The van der Waals surface area contributed by atoms with E-state index in [1.807, 2.05) is 18.2 Å². The molecule has 1 fully saturated rings. The first-order valence-corrected chi connectivity index (χ1v) is 10.9. The maximum absolute atomic E-state index is 13.1. The summed E-state index contributed by atoms with van der Waals surface area (Å²) < 4.78 is 11.1. The number of nitrogens with zero attached hydrogens (tertiary/aromatic N) is 1. The number of H-pyrrole nitrogens is 1. The lowest BCUT2D eigenvalue weighted by Gasteiger charge is -2.35. The molecule has 1 aromatic heterocycles. The summed E-state index contributed by atoms with van der Waals surface area (Å²) in [5.74, 6) is 0.277. The minimum atomic E-state index is -0.492. The predicted molar refractivity (Wildman–Crippen MR) is 123 cm³/mol. The highest BCUT2D eigenvalue weighted by Gasteiger charge is 2.47. The summed E-state index contributed by atoms with van der Waals surface area (Å²) in [7, 11) is 1.33. The van der Waals surface area contributed by atoms with E-state index in [-0.39, 0.29) is 11.8 Å². The quantitative estimate of drug-likeness (QED) is 0.487. The van der Waals surface area contributed by atoms with Gasteiger partial charge in [-0.2, -0.15) is 0 Å². The Kier molecular flexibility index (Phi) is 5.10. The lowest BCUT2D eigenvalue weighted by atomic mass is 9.88. The number of aromatic nitrogens is 1. The molecule has 3 heterocycles.